The zero-order valence-electron chi connectivity index (χ0n) is 19.6. The fourth-order valence-electron chi connectivity index (χ4n) is 4.00. The lowest BCUT2D eigenvalue weighted by atomic mass is 10.1. The Bertz CT molecular complexity index is 988. The summed E-state index contributed by atoms with van der Waals surface area (Å²) in [6.45, 7) is 6.03. The number of anilines is 4. The number of nitrogens with zero attached hydrogens (tertiary/aromatic N) is 3. The van der Waals surface area contributed by atoms with Crippen LogP contribution < -0.4 is 21.3 Å². The van der Waals surface area contributed by atoms with Gasteiger partial charge < -0.3 is 30.9 Å². The Balaban J connectivity index is 1.26. The summed E-state index contributed by atoms with van der Waals surface area (Å²) in [5.74, 6) is 1.26. The molecular weight excluding hydrogens is 434 g/mol. The number of nitrogens with one attached hydrogen (secondary N) is 4. The van der Waals surface area contributed by atoms with Crippen molar-refractivity contribution in [2.45, 2.75) is 32.6 Å². The molecule has 0 saturated carbocycles. The van der Waals surface area contributed by atoms with Gasteiger partial charge >= 0.3 is 6.03 Å². The molecule has 2 aliphatic heterocycles. The molecule has 4 N–H and O–H groups in total. The van der Waals surface area contributed by atoms with Crippen LogP contribution in [0.3, 0.4) is 0 Å². The maximum atomic E-state index is 12.4. The molecule has 2 aromatic rings. The highest BCUT2D eigenvalue weighted by Gasteiger charge is 2.22. The summed E-state index contributed by atoms with van der Waals surface area (Å²) in [6, 6.07) is 7.44. The molecule has 34 heavy (non-hydrogen) atoms. The largest absolute Gasteiger partial charge is 0.381 e. The molecule has 4 rings (SSSR count). The average molecular weight is 468 g/mol. The molecule has 10 nitrogen and oxygen atoms in total. The van der Waals surface area contributed by atoms with E-state index < -0.39 is 0 Å². The van der Waals surface area contributed by atoms with Crippen LogP contribution in [-0.4, -0.2) is 66.2 Å². The lowest BCUT2D eigenvalue weighted by molar-refractivity contribution is -0.124. The van der Waals surface area contributed by atoms with Crippen molar-refractivity contribution in [3.63, 3.8) is 0 Å². The van der Waals surface area contributed by atoms with Gasteiger partial charge in [0.25, 0.3) is 0 Å². The molecule has 2 aliphatic rings. The molecule has 2 fully saturated rings. The van der Waals surface area contributed by atoms with Gasteiger partial charge in [-0.25, -0.2) is 9.78 Å². The maximum absolute atomic E-state index is 12.4. The number of urea groups is 1. The fraction of sp³-hybridized carbons (Fsp3) is 0.500. The number of aromatic nitrogens is 2. The van der Waals surface area contributed by atoms with Gasteiger partial charge in [-0.2, -0.15) is 4.98 Å². The summed E-state index contributed by atoms with van der Waals surface area (Å²) in [5.41, 5.74) is 2.44. The van der Waals surface area contributed by atoms with E-state index in [4.69, 9.17) is 4.74 Å². The summed E-state index contributed by atoms with van der Waals surface area (Å²) >= 11 is 0. The van der Waals surface area contributed by atoms with Gasteiger partial charge in [0, 0.05) is 55.9 Å². The molecule has 1 unspecified atom stereocenters. The van der Waals surface area contributed by atoms with Crippen molar-refractivity contribution in [3.8, 4) is 0 Å². The second-order valence-corrected chi connectivity index (χ2v) is 8.69. The molecule has 1 aromatic carbocycles. The van der Waals surface area contributed by atoms with E-state index in [9.17, 15) is 9.59 Å². The van der Waals surface area contributed by atoms with Crippen LogP contribution in [0.1, 0.15) is 31.2 Å². The Morgan fingerprint density at radius 2 is 2.00 bits per heavy atom. The summed E-state index contributed by atoms with van der Waals surface area (Å²) in [6.07, 6.45) is 5.46. The summed E-state index contributed by atoms with van der Waals surface area (Å²) in [4.78, 5) is 35.2. The zero-order valence-corrected chi connectivity index (χ0v) is 19.6. The minimum absolute atomic E-state index is 0.0160. The van der Waals surface area contributed by atoms with Crippen LogP contribution in [0.5, 0.6) is 0 Å². The van der Waals surface area contributed by atoms with E-state index in [0.29, 0.717) is 32.3 Å². The van der Waals surface area contributed by atoms with Gasteiger partial charge in [0.05, 0.1) is 12.5 Å². The molecule has 0 spiro atoms. The van der Waals surface area contributed by atoms with Crippen LogP contribution in [0.2, 0.25) is 0 Å². The van der Waals surface area contributed by atoms with Crippen molar-refractivity contribution in [2.24, 2.45) is 5.92 Å². The van der Waals surface area contributed by atoms with E-state index in [1.54, 1.807) is 6.20 Å². The number of hydrogen-bond donors (Lipinski definition) is 4. The number of aryl methyl sites for hydroxylation is 1. The van der Waals surface area contributed by atoms with E-state index in [2.05, 4.69) is 31.2 Å². The number of likely N-dealkylation sites (tertiary alicyclic amines) is 1. The lowest BCUT2D eigenvalue weighted by Gasteiger charge is -2.16. The van der Waals surface area contributed by atoms with Crippen LogP contribution in [-0.2, 0) is 9.53 Å². The first-order valence-electron chi connectivity index (χ1n) is 11.9. The Kier molecular flexibility index (Phi) is 8.13. The number of hydrogen-bond acceptors (Lipinski definition) is 7. The quantitative estimate of drug-likeness (QED) is 0.418. The average Bonchev–Trinajstić information content (AvgIpc) is 3.56. The standard InChI is InChI=1S/C24H33N7O3/c1-17-15-27-23(30-21(17)25-9-5-10-26-22(32)18-8-13-34-16-18)28-19-6-4-7-20(14-19)29-24(33)31-11-2-3-12-31/h4,6-7,14-15,18H,2-3,5,8-13,16H2,1H3,(H,26,32)(H,29,33)(H2,25,27,28,30). The maximum Gasteiger partial charge on any atom is 0.321 e. The van der Waals surface area contributed by atoms with Gasteiger partial charge in [-0.15, -0.1) is 0 Å². The third-order valence-corrected chi connectivity index (χ3v) is 5.98. The van der Waals surface area contributed by atoms with Crippen LogP contribution in [0.25, 0.3) is 0 Å². The van der Waals surface area contributed by atoms with E-state index in [1.807, 2.05) is 36.1 Å². The van der Waals surface area contributed by atoms with Crippen LogP contribution >= 0.6 is 0 Å². The molecule has 1 atom stereocenters. The topological polar surface area (TPSA) is 121 Å². The van der Waals surface area contributed by atoms with Crippen molar-refractivity contribution >= 4 is 35.1 Å². The molecular formula is C24H33N7O3. The second-order valence-electron chi connectivity index (χ2n) is 8.69. The van der Waals surface area contributed by atoms with Gasteiger partial charge in [0.15, 0.2) is 0 Å². The highest BCUT2D eigenvalue weighted by molar-refractivity contribution is 5.90. The number of carbonyl (C=O) groups is 2. The molecule has 3 heterocycles. The van der Waals surface area contributed by atoms with E-state index in [-0.39, 0.29) is 17.9 Å². The van der Waals surface area contributed by atoms with Crippen molar-refractivity contribution in [1.29, 1.82) is 0 Å². The molecule has 182 valence electrons. The third kappa shape index (κ3) is 6.57. The second kappa shape index (κ2) is 11.6. The Hall–Kier alpha value is -3.40. The van der Waals surface area contributed by atoms with Gasteiger partial charge in [-0.05, 0) is 50.8 Å². The number of ether oxygens (including phenoxy) is 1. The molecule has 0 radical (unpaired) electrons. The predicted octanol–water partition coefficient (Wildman–Crippen LogP) is 3.11. The Morgan fingerprint density at radius 1 is 1.18 bits per heavy atom. The first-order valence-corrected chi connectivity index (χ1v) is 11.9. The van der Waals surface area contributed by atoms with Crippen LogP contribution in [0, 0.1) is 12.8 Å². The van der Waals surface area contributed by atoms with Crippen LogP contribution in [0.15, 0.2) is 30.5 Å². The van der Waals surface area contributed by atoms with E-state index in [0.717, 1.165) is 61.5 Å². The minimum atomic E-state index is -0.0690. The zero-order chi connectivity index (χ0) is 23.8. The number of amides is 3. The molecule has 0 aliphatic carbocycles. The van der Waals surface area contributed by atoms with Crippen molar-refractivity contribution < 1.29 is 14.3 Å². The van der Waals surface area contributed by atoms with Gasteiger partial charge in [0.2, 0.25) is 11.9 Å². The highest BCUT2D eigenvalue weighted by Crippen LogP contribution is 2.21. The normalized spacial score (nSPS) is 17.4. The van der Waals surface area contributed by atoms with E-state index in [1.165, 1.54) is 0 Å². The fourth-order valence-corrected chi connectivity index (χ4v) is 4.00. The SMILES string of the molecule is Cc1cnc(Nc2cccc(NC(=O)N3CCCC3)c2)nc1NCCCNC(=O)C1CCOC1. The van der Waals surface area contributed by atoms with Gasteiger partial charge in [-0.1, -0.05) is 6.07 Å². The third-order valence-electron chi connectivity index (χ3n) is 5.98. The molecule has 3 amide bonds. The molecule has 10 heteroatoms. The summed E-state index contributed by atoms with van der Waals surface area (Å²) in [5, 5.41) is 12.5. The van der Waals surface area contributed by atoms with Crippen molar-refractivity contribution in [3.05, 3.63) is 36.0 Å². The first kappa shape index (κ1) is 23.7. The molecule has 2 saturated heterocycles. The highest BCUT2D eigenvalue weighted by atomic mass is 16.5. The smallest absolute Gasteiger partial charge is 0.321 e. The number of benzene rings is 1. The molecule has 0 bridgehead atoms. The van der Waals surface area contributed by atoms with Gasteiger partial charge in [0.1, 0.15) is 5.82 Å². The van der Waals surface area contributed by atoms with Crippen molar-refractivity contribution in [1.82, 2.24) is 20.2 Å². The Morgan fingerprint density at radius 3 is 2.79 bits per heavy atom. The molecule has 1 aromatic heterocycles. The minimum Gasteiger partial charge on any atom is -0.381 e. The van der Waals surface area contributed by atoms with Crippen molar-refractivity contribution in [2.75, 3.05) is 55.3 Å². The first-order chi connectivity index (χ1) is 16.6. The Labute approximate surface area is 199 Å². The summed E-state index contributed by atoms with van der Waals surface area (Å²) < 4.78 is 5.26. The number of rotatable bonds is 9. The van der Waals surface area contributed by atoms with Crippen LogP contribution in [0.4, 0.5) is 27.9 Å². The van der Waals surface area contributed by atoms with Gasteiger partial charge in [-0.3, -0.25) is 4.79 Å². The monoisotopic (exact) mass is 467 g/mol. The summed E-state index contributed by atoms with van der Waals surface area (Å²) in [7, 11) is 0. The van der Waals surface area contributed by atoms with E-state index >= 15 is 0 Å². The number of carbonyl (C=O) groups excluding carboxylic acids is 2. The lowest BCUT2D eigenvalue weighted by Crippen LogP contribution is -2.32. The predicted molar refractivity (Wildman–Crippen MR) is 131 cm³/mol.